The van der Waals surface area contributed by atoms with Crippen LogP contribution in [0.5, 0.6) is 0 Å². The van der Waals surface area contributed by atoms with Gasteiger partial charge in [0.05, 0.1) is 9.79 Å². The van der Waals surface area contributed by atoms with Crippen LogP contribution in [0, 0.1) is 11.8 Å². The number of sulfonamides is 2. The Labute approximate surface area is 230 Å². The first kappa shape index (κ1) is 31.0. The van der Waals surface area contributed by atoms with Crippen molar-refractivity contribution in [3.05, 3.63) is 60.7 Å². The molecular formula is C24H28N2O8S2Zn. The van der Waals surface area contributed by atoms with E-state index in [1.54, 1.807) is 60.7 Å². The van der Waals surface area contributed by atoms with Crippen molar-refractivity contribution in [2.24, 2.45) is 11.8 Å². The summed E-state index contributed by atoms with van der Waals surface area (Å²) in [5.41, 5.74) is 0. The minimum absolute atomic E-state index is 0. The number of nitrogens with zero attached hydrogens (tertiary/aromatic N) is 2. The molecule has 2 aliphatic heterocycles. The predicted octanol–water partition coefficient (Wildman–Crippen LogP) is -0.328. The minimum atomic E-state index is -3.49. The molecule has 2 saturated heterocycles. The van der Waals surface area contributed by atoms with Gasteiger partial charge in [0.15, 0.2) is 0 Å². The number of piperidine rings is 2. The first-order valence-corrected chi connectivity index (χ1v) is 14.4. The zero-order valence-corrected chi connectivity index (χ0v) is 24.9. The second-order valence-electron chi connectivity index (χ2n) is 8.62. The van der Waals surface area contributed by atoms with Gasteiger partial charge in [-0.05, 0) is 49.9 Å². The maximum Gasteiger partial charge on any atom is 2.00 e. The van der Waals surface area contributed by atoms with Crippen molar-refractivity contribution in [2.75, 3.05) is 26.2 Å². The summed E-state index contributed by atoms with van der Waals surface area (Å²) >= 11 is 0. The zero-order valence-electron chi connectivity index (χ0n) is 20.3. The number of carbonyl (C=O) groups excluding carboxylic acids is 2. The monoisotopic (exact) mass is 600 g/mol. The van der Waals surface area contributed by atoms with Gasteiger partial charge in [-0.15, -0.1) is 0 Å². The summed E-state index contributed by atoms with van der Waals surface area (Å²) < 4.78 is 51.6. The molecule has 0 saturated carbocycles. The molecule has 2 aromatic carbocycles. The predicted molar refractivity (Wildman–Crippen MR) is 126 cm³/mol. The smallest absolute Gasteiger partial charge is 0.550 e. The van der Waals surface area contributed by atoms with Gasteiger partial charge in [-0.25, -0.2) is 16.8 Å². The van der Waals surface area contributed by atoms with Crippen LogP contribution in [0.4, 0.5) is 0 Å². The Morgan fingerprint density at radius 1 is 0.595 bits per heavy atom. The molecule has 37 heavy (non-hydrogen) atoms. The summed E-state index contributed by atoms with van der Waals surface area (Å²) in [6, 6.07) is 16.3. The number of hydrogen-bond acceptors (Lipinski definition) is 8. The molecular weight excluding hydrogens is 574 g/mol. The summed E-state index contributed by atoms with van der Waals surface area (Å²) in [4.78, 5) is 21.9. The van der Waals surface area contributed by atoms with Crippen LogP contribution >= 0.6 is 0 Å². The van der Waals surface area contributed by atoms with E-state index in [1.165, 1.54) is 8.61 Å². The van der Waals surface area contributed by atoms with Gasteiger partial charge < -0.3 is 19.8 Å². The summed E-state index contributed by atoms with van der Waals surface area (Å²) in [5.74, 6) is -3.25. The second kappa shape index (κ2) is 13.6. The van der Waals surface area contributed by atoms with Gasteiger partial charge in [0.2, 0.25) is 20.0 Å². The molecule has 0 bridgehead atoms. The average molecular weight is 602 g/mol. The molecule has 196 valence electrons. The van der Waals surface area contributed by atoms with Crippen LogP contribution in [0.1, 0.15) is 25.7 Å². The standard InChI is InChI=1S/2C12H15NO4S.Zn/c2*14-12(15)10-6-8-13(9-7-10)18(16,17)11-4-2-1-3-5-11;/h2*1-5,10H,6-9H2,(H,14,15);/q;;+2/p-2. The molecule has 0 aromatic heterocycles. The number of benzene rings is 2. The topological polar surface area (TPSA) is 155 Å². The van der Waals surface area contributed by atoms with E-state index in [-0.39, 0.29) is 55.4 Å². The van der Waals surface area contributed by atoms with Gasteiger partial charge in [-0.2, -0.15) is 8.61 Å². The quantitative estimate of drug-likeness (QED) is 0.408. The van der Waals surface area contributed by atoms with E-state index >= 15 is 0 Å². The van der Waals surface area contributed by atoms with Crippen LogP contribution in [-0.2, 0) is 49.1 Å². The number of carboxylic acid groups (broad SMARTS) is 2. The third-order valence-corrected chi connectivity index (χ3v) is 10.2. The Bertz CT molecular complexity index is 1140. The van der Waals surface area contributed by atoms with E-state index in [2.05, 4.69) is 0 Å². The Morgan fingerprint density at radius 2 is 0.865 bits per heavy atom. The fourth-order valence-corrected chi connectivity index (χ4v) is 7.13. The van der Waals surface area contributed by atoms with E-state index in [0.717, 1.165) is 0 Å². The number of rotatable bonds is 6. The molecule has 13 heteroatoms. The molecule has 0 atom stereocenters. The summed E-state index contributed by atoms with van der Waals surface area (Å²) in [6.07, 6.45) is 1.26. The number of carbonyl (C=O) groups is 2. The van der Waals surface area contributed by atoms with Gasteiger partial charge in [-0.3, -0.25) is 0 Å². The average Bonchev–Trinajstić information content (AvgIpc) is 2.90. The van der Waals surface area contributed by atoms with Gasteiger partial charge in [-0.1, -0.05) is 36.4 Å². The van der Waals surface area contributed by atoms with Crippen molar-refractivity contribution in [1.82, 2.24) is 8.61 Å². The SMILES string of the molecule is O=C([O-])C1CCN(S(=O)(=O)c2ccccc2)CC1.O=C([O-])C1CCN(S(=O)(=O)c2ccccc2)CC1.[Zn+2]. The zero-order chi connectivity index (χ0) is 26.3. The van der Waals surface area contributed by atoms with Gasteiger partial charge in [0.1, 0.15) is 0 Å². The van der Waals surface area contributed by atoms with Crippen LogP contribution < -0.4 is 10.2 Å². The Morgan fingerprint density at radius 3 is 1.11 bits per heavy atom. The van der Waals surface area contributed by atoms with Crippen molar-refractivity contribution in [3.63, 3.8) is 0 Å². The van der Waals surface area contributed by atoms with Crippen molar-refractivity contribution >= 4 is 32.0 Å². The van der Waals surface area contributed by atoms with E-state index < -0.39 is 43.8 Å². The van der Waals surface area contributed by atoms with Crippen molar-refractivity contribution < 1.29 is 56.1 Å². The molecule has 0 spiro atoms. The minimum Gasteiger partial charge on any atom is -0.550 e. The molecule has 0 unspecified atom stereocenters. The normalized spacial score (nSPS) is 18.2. The molecule has 2 aromatic rings. The Hall–Kier alpha value is -2.18. The molecule has 4 rings (SSSR count). The van der Waals surface area contributed by atoms with Gasteiger partial charge >= 0.3 is 19.5 Å². The Kier molecular flexibility index (Phi) is 11.4. The second-order valence-corrected chi connectivity index (χ2v) is 12.5. The van der Waals surface area contributed by atoms with E-state index in [4.69, 9.17) is 0 Å². The van der Waals surface area contributed by atoms with Crippen LogP contribution in [0.2, 0.25) is 0 Å². The summed E-state index contributed by atoms with van der Waals surface area (Å²) in [6.45, 7) is 0.928. The fourth-order valence-electron chi connectivity index (χ4n) is 4.15. The van der Waals surface area contributed by atoms with Crippen molar-refractivity contribution in [3.8, 4) is 0 Å². The largest absolute Gasteiger partial charge is 2.00 e. The molecule has 2 fully saturated rings. The van der Waals surface area contributed by atoms with Crippen LogP contribution in [0.3, 0.4) is 0 Å². The third kappa shape index (κ3) is 7.91. The molecule has 2 aliphatic rings. The van der Waals surface area contributed by atoms with E-state index in [0.29, 0.717) is 25.7 Å². The van der Waals surface area contributed by atoms with Crippen LogP contribution in [0.15, 0.2) is 70.5 Å². The van der Waals surface area contributed by atoms with Crippen LogP contribution in [0.25, 0.3) is 0 Å². The first-order valence-electron chi connectivity index (χ1n) is 11.6. The Balaban J connectivity index is 0.000000253. The van der Waals surface area contributed by atoms with Crippen LogP contribution in [-0.4, -0.2) is 63.6 Å². The molecule has 0 radical (unpaired) electrons. The van der Waals surface area contributed by atoms with Gasteiger partial charge in [0, 0.05) is 50.0 Å². The maximum atomic E-state index is 12.2. The molecule has 2 heterocycles. The number of aliphatic carboxylic acids is 2. The molecule has 0 aliphatic carbocycles. The fraction of sp³-hybridized carbons (Fsp3) is 0.417. The molecule has 0 amide bonds. The van der Waals surface area contributed by atoms with Crippen molar-refractivity contribution in [1.29, 1.82) is 0 Å². The van der Waals surface area contributed by atoms with E-state index in [9.17, 15) is 36.6 Å². The molecule has 0 N–H and O–H groups in total. The van der Waals surface area contributed by atoms with Crippen molar-refractivity contribution in [2.45, 2.75) is 35.5 Å². The number of carboxylic acids is 2. The summed E-state index contributed by atoms with van der Waals surface area (Å²) in [5, 5.41) is 21.4. The first-order chi connectivity index (χ1) is 17.0. The maximum absolute atomic E-state index is 12.2. The van der Waals surface area contributed by atoms with E-state index in [1.807, 2.05) is 0 Å². The molecule has 10 nitrogen and oxygen atoms in total. The number of hydrogen-bond donors (Lipinski definition) is 0. The van der Waals surface area contributed by atoms with Gasteiger partial charge in [0.25, 0.3) is 0 Å². The third-order valence-electron chi connectivity index (χ3n) is 6.34. The summed E-state index contributed by atoms with van der Waals surface area (Å²) in [7, 11) is -6.98.